The van der Waals surface area contributed by atoms with Crippen LogP contribution in [-0.4, -0.2) is 67.1 Å². The predicted molar refractivity (Wildman–Crippen MR) is 180 cm³/mol. The average molecular weight is 604 g/mol. The lowest BCUT2D eigenvalue weighted by molar-refractivity contribution is 0.0818. The molecule has 0 fully saturated rings. The zero-order valence-electron chi connectivity index (χ0n) is 27.5. The van der Waals surface area contributed by atoms with Gasteiger partial charge in [0.15, 0.2) is 0 Å². The summed E-state index contributed by atoms with van der Waals surface area (Å²) in [5.74, 6) is 0.425. The summed E-state index contributed by atoms with van der Waals surface area (Å²) in [6.07, 6.45) is 9.91. The maximum atomic E-state index is 13.6. The molecule has 4 rings (SSSR count). The first-order valence-corrected chi connectivity index (χ1v) is 15.1. The summed E-state index contributed by atoms with van der Waals surface area (Å²) in [7, 11) is 6.96. The fourth-order valence-electron chi connectivity index (χ4n) is 4.70. The van der Waals surface area contributed by atoms with Gasteiger partial charge in [-0.05, 0) is 73.9 Å². The Bertz CT molecular complexity index is 1480. The van der Waals surface area contributed by atoms with Crippen LogP contribution in [0.1, 0.15) is 67.1 Å². The van der Waals surface area contributed by atoms with Gasteiger partial charge in [-0.3, -0.25) is 9.59 Å². The number of aryl methyl sites for hydroxylation is 2. The highest BCUT2D eigenvalue weighted by Gasteiger charge is 2.19. The number of carbonyl (C=O) groups excluding carboxylic acids is 2. The normalized spacial score (nSPS) is 12.8. The second-order valence-corrected chi connectivity index (χ2v) is 10.6. The first kappa shape index (κ1) is 34.0. The van der Waals surface area contributed by atoms with Gasteiger partial charge < -0.3 is 34.1 Å². The molecule has 1 aliphatic heterocycles. The number of nitrogens with zero attached hydrogens (tertiary/aromatic N) is 4. The first-order valence-electron chi connectivity index (χ1n) is 15.1. The molecule has 0 unspecified atom stereocenters. The van der Waals surface area contributed by atoms with E-state index in [0.29, 0.717) is 30.2 Å². The Morgan fingerprint density at radius 1 is 0.977 bits per heavy atom. The van der Waals surface area contributed by atoms with Crippen LogP contribution >= 0.6 is 0 Å². The summed E-state index contributed by atoms with van der Waals surface area (Å²) in [5.41, 5.74) is 5.65. The van der Waals surface area contributed by atoms with Crippen molar-refractivity contribution >= 4 is 17.5 Å². The topological polar surface area (TPSA) is 79.3 Å². The fraction of sp³-hybridized carbons (Fsp3) is 0.371. The van der Waals surface area contributed by atoms with Gasteiger partial charge in [-0.2, -0.15) is 0 Å². The lowest BCUT2D eigenvalue weighted by Gasteiger charge is -2.25. The van der Waals surface area contributed by atoms with Crippen LogP contribution < -0.4 is 15.0 Å². The Labute approximate surface area is 263 Å². The first-order chi connectivity index (χ1) is 21.1. The molecule has 0 saturated carbocycles. The number of amides is 2. The van der Waals surface area contributed by atoms with Crippen molar-refractivity contribution in [3.05, 3.63) is 95.8 Å². The van der Waals surface area contributed by atoms with Crippen molar-refractivity contribution in [1.29, 1.82) is 0 Å². The van der Waals surface area contributed by atoms with E-state index in [-0.39, 0.29) is 19.3 Å². The van der Waals surface area contributed by atoms with E-state index in [9.17, 15) is 9.59 Å². The quantitative estimate of drug-likeness (QED) is 0.250. The molecule has 2 amide bonds. The molecule has 0 spiro atoms. The van der Waals surface area contributed by atoms with E-state index in [0.717, 1.165) is 34.5 Å². The molecule has 238 valence electrons. The fourth-order valence-corrected chi connectivity index (χ4v) is 4.70. The third-order valence-electron chi connectivity index (χ3n) is 7.26. The van der Waals surface area contributed by atoms with E-state index in [1.807, 2.05) is 118 Å². The third kappa shape index (κ3) is 8.32. The number of hydrogen-bond donors (Lipinski definition) is 1. The molecule has 9 nitrogen and oxygen atoms in total. The van der Waals surface area contributed by atoms with Gasteiger partial charge in [0.1, 0.15) is 18.1 Å². The van der Waals surface area contributed by atoms with E-state index in [1.54, 1.807) is 26.1 Å². The zero-order chi connectivity index (χ0) is 32.4. The van der Waals surface area contributed by atoms with Gasteiger partial charge in [-0.1, -0.05) is 19.9 Å². The van der Waals surface area contributed by atoms with E-state index in [2.05, 4.69) is 17.1 Å². The second-order valence-electron chi connectivity index (χ2n) is 10.6. The largest absolute Gasteiger partial charge is 0.491 e. The maximum absolute atomic E-state index is 13.6. The Kier molecular flexibility index (Phi) is 12.2. The van der Waals surface area contributed by atoms with Crippen LogP contribution in [-0.2, 0) is 11.8 Å². The minimum Gasteiger partial charge on any atom is -0.491 e. The highest BCUT2D eigenvalue weighted by Crippen LogP contribution is 2.31. The van der Waals surface area contributed by atoms with Crippen molar-refractivity contribution in [1.82, 2.24) is 19.7 Å². The Hall–Kier alpha value is -4.50. The van der Waals surface area contributed by atoms with Gasteiger partial charge >= 0.3 is 0 Å². The number of carbonyl (C=O) groups is 2. The van der Waals surface area contributed by atoms with Crippen LogP contribution in [0.4, 0.5) is 5.69 Å². The standard InChI is InChI=1S/C33H41N5O4.C2H6.H2/c1-8-37-11-13-38(14-12-37)28-10-9-23(2)30(21-28)32(39)34-24(3)25-17-26(19-29(18-25)42-16-15-41-7)27-20-31(36(6)22-27)33(40)35(4)5;1-2;/h9-14,17-22,24H,8,15-16H2,1-7H3,(H,34,39);1-2H3;1H/t24-;;/m1../s1. The molecule has 1 aliphatic rings. The van der Waals surface area contributed by atoms with Gasteiger partial charge in [-0.25, -0.2) is 0 Å². The summed E-state index contributed by atoms with van der Waals surface area (Å²) in [6, 6.07) is 13.4. The summed E-state index contributed by atoms with van der Waals surface area (Å²) < 4.78 is 13.0. The van der Waals surface area contributed by atoms with Crippen LogP contribution in [0.25, 0.3) is 11.1 Å². The number of benzene rings is 2. The second kappa shape index (κ2) is 15.8. The Morgan fingerprint density at radius 3 is 2.32 bits per heavy atom. The van der Waals surface area contributed by atoms with Crippen molar-refractivity contribution < 1.29 is 20.5 Å². The SMILES string of the molecule is CC.CCN1C=CN(c2ccc(C)c(C(=O)N[C@H](C)c3cc(OCCOC)cc(-c4cc(C(=O)N(C)C)n(C)c4)c3)c2)C=C1.[HH]. The molecule has 44 heavy (non-hydrogen) atoms. The van der Waals surface area contributed by atoms with E-state index < -0.39 is 0 Å². The van der Waals surface area contributed by atoms with Gasteiger partial charge in [-0.15, -0.1) is 0 Å². The number of hydrogen-bond acceptors (Lipinski definition) is 6. The molecule has 1 atom stereocenters. The van der Waals surface area contributed by atoms with Crippen molar-refractivity contribution in [3.63, 3.8) is 0 Å². The van der Waals surface area contributed by atoms with Crippen molar-refractivity contribution in [2.75, 3.05) is 45.9 Å². The van der Waals surface area contributed by atoms with Crippen molar-refractivity contribution in [3.8, 4) is 16.9 Å². The van der Waals surface area contributed by atoms with E-state index >= 15 is 0 Å². The molecule has 9 heteroatoms. The number of anilines is 1. The third-order valence-corrected chi connectivity index (χ3v) is 7.26. The van der Waals surface area contributed by atoms with Gasteiger partial charge in [0, 0.05) is 84.0 Å². The lowest BCUT2D eigenvalue weighted by Crippen LogP contribution is -2.27. The van der Waals surface area contributed by atoms with Crippen LogP contribution in [0.5, 0.6) is 5.75 Å². The van der Waals surface area contributed by atoms with Crippen LogP contribution in [0.15, 0.2) is 73.5 Å². The van der Waals surface area contributed by atoms with Gasteiger partial charge in [0.2, 0.25) is 0 Å². The molecule has 0 radical (unpaired) electrons. The summed E-state index contributed by atoms with van der Waals surface area (Å²) in [5, 5.41) is 3.17. The number of methoxy groups -OCH3 is 1. The minimum atomic E-state index is -0.315. The molecular weight excluding hydrogens is 554 g/mol. The highest BCUT2D eigenvalue weighted by molar-refractivity contribution is 5.97. The Balaban J connectivity index is 0.00000230. The van der Waals surface area contributed by atoms with E-state index in [1.165, 1.54) is 0 Å². The predicted octanol–water partition coefficient (Wildman–Crippen LogP) is 6.58. The highest BCUT2D eigenvalue weighted by atomic mass is 16.5. The van der Waals surface area contributed by atoms with Crippen LogP contribution in [0.3, 0.4) is 0 Å². The number of rotatable bonds is 11. The lowest BCUT2D eigenvalue weighted by atomic mass is 10.00. The monoisotopic (exact) mass is 603 g/mol. The van der Waals surface area contributed by atoms with Gasteiger partial charge in [0.05, 0.1) is 12.6 Å². The molecule has 2 heterocycles. The molecule has 2 aromatic carbocycles. The summed E-state index contributed by atoms with van der Waals surface area (Å²) in [6.45, 7) is 11.7. The maximum Gasteiger partial charge on any atom is 0.269 e. The summed E-state index contributed by atoms with van der Waals surface area (Å²) in [4.78, 5) is 31.9. The molecule has 0 bridgehead atoms. The Morgan fingerprint density at radius 2 is 1.68 bits per heavy atom. The molecule has 1 aromatic heterocycles. The van der Waals surface area contributed by atoms with Crippen LogP contribution in [0, 0.1) is 6.92 Å². The minimum absolute atomic E-state index is 0. The van der Waals surface area contributed by atoms with E-state index in [4.69, 9.17) is 9.47 Å². The molecular formula is C35H49N5O4. The number of nitrogens with one attached hydrogen (secondary N) is 1. The number of ether oxygens (including phenoxy) is 2. The van der Waals surface area contributed by atoms with Gasteiger partial charge in [0.25, 0.3) is 11.8 Å². The smallest absolute Gasteiger partial charge is 0.269 e. The average Bonchev–Trinajstić information content (AvgIpc) is 3.43. The van der Waals surface area contributed by atoms with Crippen LogP contribution in [0.2, 0.25) is 0 Å². The molecule has 0 saturated heterocycles. The summed E-state index contributed by atoms with van der Waals surface area (Å²) >= 11 is 0. The van der Waals surface area contributed by atoms with Crippen molar-refractivity contribution in [2.24, 2.45) is 7.05 Å². The van der Waals surface area contributed by atoms with Crippen molar-refractivity contribution in [2.45, 2.75) is 40.7 Å². The zero-order valence-corrected chi connectivity index (χ0v) is 27.5. The number of aromatic nitrogens is 1. The molecule has 3 aromatic rings. The molecule has 0 aliphatic carbocycles. The molecule has 1 N–H and O–H groups in total.